The zero-order valence-corrected chi connectivity index (χ0v) is 10.8. The Hall–Kier alpha value is -1.75. The molecule has 0 bridgehead atoms. The maximum atomic E-state index is 11.3. The van der Waals surface area contributed by atoms with Crippen LogP contribution in [0.1, 0.15) is 18.4 Å². The van der Waals surface area contributed by atoms with Gasteiger partial charge in [0, 0.05) is 24.6 Å². The summed E-state index contributed by atoms with van der Waals surface area (Å²) in [5, 5.41) is 2.83. The summed E-state index contributed by atoms with van der Waals surface area (Å²) in [5.74, 6) is 1.21. The van der Waals surface area contributed by atoms with Crippen LogP contribution in [0.4, 0.5) is 11.4 Å². The molecule has 3 rings (SSSR count). The van der Waals surface area contributed by atoms with Gasteiger partial charge in [-0.1, -0.05) is 0 Å². The lowest BCUT2D eigenvalue weighted by Crippen LogP contribution is -2.19. The van der Waals surface area contributed by atoms with Crippen LogP contribution >= 0.6 is 0 Å². The summed E-state index contributed by atoms with van der Waals surface area (Å²) < 4.78 is 11.1. The molecule has 1 saturated heterocycles. The van der Waals surface area contributed by atoms with Crippen molar-refractivity contribution in [1.82, 2.24) is 0 Å². The molecule has 1 aromatic carbocycles. The van der Waals surface area contributed by atoms with Crippen LogP contribution in [0.2, 0.25) is 0 Å². The third kappa shape index (κ3) is 2.66. The first-order valence-corrected chi connectivity index (χ1v) is 6.65. The van der Waals surface area contributed by atoms with Gasteiger partial charge in [-0.25, -0.2) is 0 Å². The van der Waals surface area contributed by atoms with E-state index in [1.54, 1.807) is 6.07 Å². The molecule has 19 heavy (non-hydrogen) atoms. The third-order valence-corrected chi connectivity index (χ3v) is 3.63. The SMILES string of the molecule is Nc1cc2c(cc1OCC1CCOC1)CCC(=O)N2. The van der Waals surface area contributed by atoms with Crippen LogP contribution in [-0.2, 0) is 16.0 Å². The van der Waals surface area contributed by atoms with Gasteiger partial charge in [0.2, 0.25) is 5.91 Å². The Morgan fingerprint density at radius 2 is 2.32 bits per heavy atom. The monoisotopic (exact) mass is 262 g/mol. The van der Waals surface area contributed by atoms with Crippen LogP contribution in [0.3, 0.4) is 0 Å². The fourth-order valence-corrected chi connectivity index (χ4v) is 2.47. The number of nitrogens with two attached hydrogens (primary N) is 1. The van der Waals surface area contributed by atoms with Gasteiger partial charge in [-0.15, -0.1) is 0 Å². The normalized spacial score (nSPS) is 21.9. The van der Waals surface area contributed by atoms with Gasteiger partial charge in [0.25, 0.3) is 0 Å². The minimum Gasteiger partial charge on any atom is -0.491 e. The van der Waals surface area contributed by atoms with Crippen molar-refractivity contribution in [3.05, 3.63) is 17.7 Å². The van der Waals surface area contributed by atoms with Crippen molar-refractivity contribution in [3.8, 4) is 5.75 Å². The molecule has 2 aliphatic rings. The number of fused-ring (bicyclic) bond motifs is 1. The van der Waals surface area contributed by atoms with E-state index in [0.29, 0.717) is 30.4 Å². The van der Waals surface area contributed by atoms with Crippen LogP contribution in [0.5, 0.6) is 5.75 Å². The van der Waals surface area contributed by atoms with Crippen molar-refractivity contribution in [2.24, 2.45) is 5.92 Å². The third-order valence-electron chi connectivity index (χ3n) is 3.63. The van der Waals surface area contributed by atoms with Gasteiger partial charge in [0.15, 0.2) is 0 Å². The van der Waals surface area contributed by atoms with Gasteiger partial charge in [-0.2, -0.15) is 0 Å². The van der Waals surface area contributed by atoms with Crippen molar-refractivity contribution >= 4 is 17.3 Å². The Morgan fingerprint density at radius 1 is 1.42 bits per heavy atom. The molecular formula is C14H18N2O3. The number of nitrogen functional groups attached to an aromatic ring is 1. The molecule has 1 fully saturated rings. The first-order chi connectivity index (χ1) is 9.22. The van der Waals surface area contributed by atoms with Crippen LogP contribution < -0.4 is 15.8 Å². The first-order valence-electron chi connectivity index (χ1n) is 6.65. The molecular weight excluding hydrogens is 244 g/mol. The van der Waals surface area contributed by atoms with Crippen molar-refractivity contribution in [2.45, 2.75) is 19.3 Å². The van der Waals surface area contributed by atoms with Crippen LogP contribution in [-0.4, -0.2) is 25.7 Å². The Balaban J connectivity index is 1.72. The number of carbonyl (C=O) groups excluding carboxylic acids is 1. The standard InChI is InChI=1S/C14H18N2O3/c15-11-6-12-10(1-2-14(17)16-12)5-13(11)19-8-9-3-4-18-7-9/h5-6,9H,1-4,7-8,15H2,(H,16,17). The molecule has 5 heteroatoms. The van der Waals surface area contributed by atoms with Crippen molar-refractivity contribution < 1.29 is 14.3 Å². The second-order valence-corrected chi connectivity index (χ2v) is 5.14. The summed E-state index contributed by atoms with van der Waals surface area (Å²) in [4.78, 5) is 11.3. The fraction of sp³-hybridized carbons (Fsp3) is 0.500. The quantitative estimate of drug-likeness (QED) is 0.811. The molecule has 0 spiro atoms. The average Bonchev–Trinajstić information content (AvgIpc) is 2.89. The molecule has 3 N–H and O–H groups in total. The lowest BCUT2D eigenvalue weighted by atomic mass is 10.0. The van der Waals surface area contributed by atoms with E-state index in [1.165, 1.54) is 0 Å². The number of hydrogen-bond acceptors (Lipinski definition) is 4. The number of hydrogen-bond donors (Lipinski definition) is 2. The number of aryl methyl sites for hydroxylation is 1. The second-order valence-electron chi connectivity index (χ2n) is 5.14. The van der Waals surface area contributed by atoms with E-state index in [-0.39, 0.29) is 5.91 Å². The number of amides is 1. The summed E-state index contributed by atoms with van der Waals surface area (Å²) >= 11 is 0. The number of benzene rings is 1. The highest BCUT2D eigenvalue weighted by molar-refractivity contribution is 5.94. The second kappa shape index (κ2) is 5.09. The molecule has 5 nitrogen and oxygen atoms in total. The molecule has 0 aliphatic carbocycles. The molecule has 2 heterocycles. The van der Waals surface area contributed by atoms with Gasteiger partial charge in [0.1, 0.15) is 5.75 Å². The Morgan fingerprint density at radius 3 is 3.11 bits per heavy atom. The number of rotatable bonds is 3. The summed E-state index contributed by atoms with van der Waals surface area (Å²) in [7, 11) is 0. The van der Waals surface area contributed by atoms with E-state index in [2.05, 4.69) is 5.32 Å². The van der Waals surface area contributed by atoms with E-state index in [0.717, 1.165) is 37.3 Å². The molecule has 1 amide bonds. The molecule has 1 unspecified atom stereocenters. The maximum absolute atomic E-state index is 11.3. The van der Waals surface area contributed by atoms with E-state index in [9.17, 15) is 4.79 Å². The van der Waals surface area contributed by atoms with Crippen LogP contribution in [0.15, 0.2) is 12.1 Å². The van der Waals surface area contributed by atoms with Gasteiger partial charge >= 0.3 is 0 Å². The van der Waals surface area contributed by atoms with Gasteiger partial charge in [-0.05, 0) is 30.5 Å². The first kappa shape index (κ1) is 12.3. The predicted octanol–water partition coefficient (Wildman–Crippen LogP) is 1.57. The lowest BCUT2D eigenvalue weighted by molar-refractivity contribution is -0.116. The van der Waals surface area contributed by atoms with Gasteiger partial charge in [0.05, 0.1) is 18.9 Å². The summed E-state index contributed by atoms with van der Waals surface area (Å²) in [6.07, 6.45) is 2.30. The topological polar surface area (TPSA) is 73.6 Å². The molecule has 2 aliphatic heterocycles. The minimum absolute atomic E-state index is 0.0451. The Kier molecular flexibility index (Phi) is 3.29. The van der Waals surface area contributed by atoms with Gasteiger partial charge in [-0.3, -0.25) is 4.79 Å². The number of carbonyl (C=O) groups is 1. The number of nitrogens with one attached hydrogen (secondary N) is 1. The summed E-state index contributed by atoms with van der Waals surface area (Å²) in [6.45, 7) is 2.22. The molecule has 102 valence electrons. The average molecular weight is 262 g/mol. The van der Waals surface area contributed by atoms with Crippen LogP contribution in [0, 0.1) is 5.92 Å². The maximum Gasteiger partial charge on any atom is 0.224 e. The molecule has 1 atom stereocenters. The highest BCUT2D eigenvalue weighted by Crippen LogP contribution is 2.33. The highest BCUT2D eigenvalue weighted by Gasteiger charge is 2.19. The smallest absolute Gasteiger partial charge is 0.224 e. The van der Waals surface area contributed by atoms with Gasteiger partial charge < -0.3 is 20.5 Å². The Bertz CT molecular complexity index is 496. The van der Waals surface area contributed by atoms with Crippen molar-refractivity contribution in [3.63, 3.8) is 0 Å². The summed E-state index contributed by atoms with van der Waals surface area (Å²) in [6, 6.07) is 3.73. The zero-order valence-electron chi connectivity index (χ0n) is 10.8. The van der Waals surface area contributed by atoms with E-state index < -0.39 is 0 Å². The zero-order chi connectivity index (χ0) is 13.2. The molecule has 0 radical (unpaired) electrons. The lowest BCUT2D eigenvalue weighted by Gasteiger charge is -2.20. The fourth-order valence-electron chi connectivity index (χ4n) is 2.47. The molecule has 0 saturated carbocycles. The highest BCUT2D eigenvalue weighted by atomic mass is 16.5. The summed E-state index contributed by atoms with van der Waals surface area (Å²) in [5.41, 5.74) is 8.44. The number of anilines is 2. The van der Waals surface area contributed by atoms with E-state index >= 15 is 0 Å². The molecule has 0 aromatic heterocycles. The minimum atomic E-state index is 0.0451. The van der Waals surface area contributed by atoms with E-state index in [4.69, 9.17) is 15.2 Å². The predicted molar refractivity (Wildman–Crippen MR) is 72.2 cm³/mol. The Labute approximate surface area is 112 Å². The van der Waals surface area contributed by atoms with E-state index in [1.807, 2.05) is 6.07 Å². The van der Waals surface area contributed by atoms with Crippen LogP contribution in [0.25, 0.3) is 0 Å². The largest absolute Gasteiger partial charge is 0.491 e. The number of ether oxygens (including phenoxy) is 2. The van der Waals surface area contributed by atoms with Crippen molar-refractivity contribution in [2.75, 3.05) is 30.9 Å². The van der Waals surface area contributed by atoms with Crippen molar-refractivity contribution in [1.29, 1.82) is 0 Å². The molecule has 1 aromatic rings.